The fourth-order valence-electron chi connectivity index (χ4n) is 1.69. The van der Waals surface area contributed by atoms with Gasteiger partial charge in [0.1, 0.15) is 5.82 Å². The van der Waals surface area contributed by atoms with Crippen LogP contribution in [0.2, 0.25) is 5.02 Å². The van der Waals surface area contributed by atoms with Gasteiger partial charge in [-0.2, -0.15) is 5.10 Å². The lowest BCUT2D eigenvalue weighted by Crippen LogP contribution is -2.35. The quantitative estimate of drug-likeness (QED) is 0.883. The topological polar surface area (TPSA) is 29.9 Å². The SMILES string of the molecule is CC(C)(C)NCc1ccn(-c2c(Cl)cc(F)cc2Br)n1. The molecule has 0 radical (unpaired) electrons. The molecule has 2 rings (SSSR count). The Morgan fingerprint density at radius 3 is 2.70 bits per heavy atom. The highest BCUT2D eigenvalue weighted by Gasteiger charge is 2.13. The lowest BCUT2D eigenvalue weighted by Gasteiger charge is -2.19. The molecule has 3 nitrogen and oxygen atoms in total. The third-order valence-corrected chi connectivity index (χ3v) is 3.55. The van der Waals surface area contributed by atoms with Crippen molar-refractivity contribution in [2.75, 3.05) is 0 Å². The van der Waals surface area contributed by atoms with Gasteiger partial charge in [0.05, 0.1) is 16.4 Å². The minimum atomic E-state index is -0.382. The summed E-state index contributed by atoms with van der Waals surface area (Å²) < 4.78 is 15.4. The summed E-state index contributed by atoms with van der Waals surface area (Å²) in [5.41, 5.74) is 1.56. The molecular weight excluding hydrogens is 345 g/mol. The summed E-state index contributed by atoms with van der Waals surface area (Å²) in [6.45, 7) is 6.94. The maximum absolute atomic E-state index is 13.2. The molecule has 0 saturated heterocycles. The van der Waals surface area contributed by atoms with Crippen LogP contribution in [0.5, 0.6) is 0 Å². The molecule has 6 heteroatoms. The van der Waals surface area contributed by atoms with Crippen molar-refractivity contribution in [1.29, 1.82) is 0 Å². The Hall–Kier alpha value is -0.910. The highest BCUT2D eigenvalue weighted by molar-refractivity contribution is 9.10. The van der Waals surface area contributed by atoms with Crippen molar-refractivity contribution < 1.29 is 4.39 Å². The summed E-state index contributed by atoms with van der Waals surface area (Å²) in [5.74, 6) is -0.382. The molecule has 1 aromatic carbocycles. The zero-order valence-corrected chi connectivity index (χ0v) is 13.9. The van der Waals surface area contributed by atoms with E-state index in [1.54, 1.807) is 4.68 Å². The summed E-state index contributed by atoms with van der Waals surface area (Å²) in [7, 11) is 0. The second kappa shape index (κ2) is 5.84. The van der Waals surface area contributed by atoms with Gasteiger partial charge in [-0.25, -0.2) is 9.07 Å². The molecule has 1 heterocycles. The van der Waals surface area contributed by atoms with Gasteiger partial charge in [-0.05, 0) is 54.9 Å². The van der Waals surface area contributed by atoms with E-state index in [0.29, 0.717) is 21.7 Å². The van der Waals surface area contributed by atoms with E-state index in [1.165, 1.54) is 12.1 Å². The highest BCUT2D eigenvalue weighted by atomic mass is 79.9. The van der Waals surface area contributed by atoms with Crippen LogP contribution in [0.3, 0.4) is 0 Å². The summed E-state index contributed by atoms with van der Waals surface area (Å²) >= 11 is 9.40. The molecule has 0 saturated carbocycles. The number of hydrogen-bond acceptors (Lipinski definition) is 2. The van der Waals surface area contributed by atoms with Gasteiger partial charge in [-0.1, -0.05) is 11.6 Å². The first-order chi connectivity index (χ1) is 9.26. The van der Waals surface area contributed by atoms with Crippen LogP contribution in [0.4, 0.5) is 4.39 Å². The summed E-state index contributed by atoms with van der Waals surface area (Å²) in [6, 6.07) is 4.55. The predicted octanol–water partition coefficient (Wildman–Crippen LogP) is 4.32. The number of halogens is 3. The minimum absolute atomic E-state index is 0.0257. The highest BCUT2D eigenvalue weighted by Crippen LogP contribution is 2.29. The van der Waals surface area contributed by atoms with Crippen molar-refractivity contribution in [2.45, 2.75) is 32.9 Å². The van der Waals surface area contributed by atoms with E-state index in [0.717, 1.165) is 5.69 Å². The van der Waals surface area contributed by atoms with Crippen LogP contribution in [-0.2, 0) is 6.54 Å². The standard InChI is InChI=1S/C14H16BrClFN3/c1-14(2,3)18-8-10-4-5-20(19-10)13-11(15)6-9(17)7-12(13)16/h4-7,18H,8H2,1-3H3. The van der Waals surface area contributed by atoms with Crippen molar-refractivity contribution in [1.82, 2.24) is 15.1 Å². The number of nitrogens with one attached hydrogen (secondary N) is 1. The molecule has 1 aromatic heterocycles. The molecule has 108 valence electrons. The van der Waals surface area contributed by atoms with Gasteiger partial charge in [0.2, 0.25) is 0 Å². The summed E-state index contributed by atoms with van der Waals surface area (Å²) in [6.07, 6.45) is 1.81. The van der Waals surface area contributed by atoms with E-state index in [9.17, 15) is 4.39 Å². The van der Waals surface area contributed by atoms with Gasteiger partial charge in [-0.15, -0.1) is 0 Å². The number of benzene rings is 1. The van der Waals surface area contributed by atoms with Crippen LogP contribution in [0.1, 0.15) is 26.5 Å². The van der Waals surface area contributed by atoms with Crippen molar-refractivity contribution in [3.8, 4) is 5.69 Å². The van der Waals surface area contributed by atoms with Crippen LogP contribution in [-0.4, -0.2) is 15.3 Å². The second-order valence-corrected chi connectivity index (χ2v) is 6.83. The van der Waals surface area contributed by atoms with Crippen LogP contribution < -0.4 is 5.32 Å². The van der Waals surface area contributed by atoms with E-state index >= 15 is 0 Å². The Bertz CT molecular complexity index is 596. The molecule has 0 atom stereocenters. The zero-order valence-electron chi connectivity index (χ0n) is 11.5. The van der Waals surface area contributed by atoms with Crippen LogP contribution in [0.25, 0.3) is 5.69 Å². The smallest absolute Gasteiger partial charge is 0.125 e. The first-order valence-corrected chi connectivity index (χ1v) is 7.38. The maximum atomic E-state index is 13.2. The summed E-state index contributed by atoms with van der Waals surface area (Å²) in [5, 5.41) is 8.13. The van der Waals surface area contributed by atoms with E-state index < -0.39 is 0 Å². The normalized spacial score (nSPS) is 11.9. The number of rotatable bonds is 3. The lowest BCUT2D eigenvalue weighted by atomic mass is 10.1. The van der Waals surface area contributed by atoms with Crippen LogP contribution in [0.15, 0.2) is 28.9 Å². The Morgan fingerprint density at radius 1 is 1.40 bits per heavy atom. The molecule has 0 aliphatic carbocycles. The zero-order chi connectivity index (χ0) is 14.9. The fraction of sp³-hybridized carbons (Fsp3) is 0.357. The van der Waals surface area contributed by atoms with Crippen molar-refractivity contribution in [2.24, 2.45) is 0 Å². The minimum Gasteiger partial charge on any atom is -0.306 e. The van der Waals surface area contributed by atoms with Gasteiger partial charge in [0.25, 0.3) is 0 Å². The number of nitrogens with zero attached hydrogens (tertiary/aromatic N) is 2. The first kappa shape index (κ1) is 15.5. The largest absolute Gasteiger partial charge is 0.306 e. The molecule has 0 aliphatic heterocycles. The van der Waals surface area contributed by atoms with Gasteiger partial charge in [0.15, 0.2) is 0 Å². The average Bonchev–Trinajstić information content (AvgIpc) is 2.72. The first-order valence-electron chi connectivity index (χ1n) is 6.21. The molecule has 0 amide bonds. The fourth-order valence-corrected chi connectivity index (χ4v) is 2.71. The third-order valence-electron chi connectivity index (χ3n) is 2.65. The molecular formula is C14H16BrClFN3. The van der Waals surface area contributed by atoms with Crippen molar-refractivity contribution in [3.05, 3.63) is 45.4 Å². The summed E-state index contributed by atoms with van der Waals surface area (Å²) in [4.78, 5) is 0. The molecule has 0 unspecified atom stereocenters. The Kier molecular flexibility index (Phi) is 4.52. The molecule has 0 spiro atoms. The van der Waals surface area contributed by atoms with Crippen LogP contribution >= 0.6 is 27.5 Å². The monoisotopic (exact) mass is 359 g/mol. The third kappa shape index (κ3) is 3.81. The number of hydrogen-bond donors (Lipinski definition) is 1. The van der Waals surface area contributed by atoms with E-state index in [-0.39, 0.29) is 11.4 Å². The van der Waals surface area contributed by atoms with Gasteiger partial charge >= 0.3 is 0 Å². The Balaban J connectivity index is 2.25. The molecule has 20 heavy (non-hydrogen) atoms. The van der Waals surface area contributed by atoms with Crippen molar-refractivity contribution >= 4 is 27.5 Å². The van der Waals surface area contributed by atoms with E-state index in [2.05, 4.69) is 47.1 Å². The molecule has 0 bridgehead atoms. The molecule has 0 fully saturated rings. The second-order valence-electron chi connectivity index (χ2n) is 5.57. The molecule has 1 N–H and O–H groups in total. The molecule has 2 aromatic rings. The molecule has 0 aliphatic rings. The Labute approximate surface area is 131 Å². The average molecular weight is 361 g/mol. The van der Waals surface area contributed by atoms with Crippen LogP contribution in [0, 0.1) is 5.82 Å². The van der Waals surface area contributed by atoms with E-state index in [4.69, 9.17) is 11.6 Å². The predicted molar refractivity (Wildman–Crippen MR) is 82.8 cm³/mol. The lowest BCUT2D eigenvalue weighted by molar-refractivity contribution is 0.420. The Morgan fingerprint density at radius 2 is 2.10 bits per heavy atom. The van der Waals surface area contributed by atoms with E-state index in [1.807, 2.05) is 12.3 Å². The maximum Gasteiger partial charge on any atom is 0.125 e. The van der Waals surface area contributed by atoms with Gasteiger partial charge < -0.3 is 5.32 Å². The number of aromatic nitrogens is 2. The van der Waals surface area contributed by atoms with Crippen molar-refractivity contribution in [3.63, 3.8) is 0 Å². The van der Waals surface area contributed by atoms with Gasteiger partial charge in [-0.3, -0.25) is 0 Å². The van der Waals surface area contributed by atoms with Gasteiger partial charge in [0, 0.05) is 22.8 Å².